The molecule has 0 spiro atoms. The fourth-order valence-corrected chi connectivity index (χ4v) is 3.13. The van der Waals surface area contributed by atoms with Crippen molar-refractivity contribution in [2.24, 2.45) is 11.7 Å². The van der Waals surface area contributed by atoms with Gasteiger partial charge in [0, 0.05) is 11.8 Å². The second-order valence-corrected chi connectivity index (χ2v) is 6.56. The molecule has 0 saturated carbocycles. The second-order valence-electron chi connectivity index (χ2n) is 4.26. The third-order valence-corrected chi connectivity index (χ3v) is 4.10. The van der Waals surface area contributed by atoms with Gasteiger partial charge in [-0.05, 0) is 32.1 Å². The molecule has 0 radical (unpaired) electrons. The molecule has 3 nitrogen and oxygen atoms in total. The molecule has 0 rings (SSSR count). The smallest absolute Gasteiger partial charge is 0.150 e. The van der Waals surface area contributed by atoms with Crippen LogP contribution in [0.1, 0.15) is 40.0 Å². The molecule has 0 fully saturated rings. The van der Waals surface area contributed by atoms with Crippen molar-refractivity contribution in [3.8, 4) is 0 Å². The van der Waals surface area contributed by atoms with Gasteiger partial charge in [0.1, 0.15) is 9.84 Å². The average molecular weight is 221 g/mol. The Morgan fingerprint density at radius 3 is 2.21 bits per heavy atom. The van der Waals surface area contributed by atoms with E-state index in [4.69, 9.17) is 5.73 Å². The highest BCUT2D eigenvalue weighted by Gasteiger charge is 2.12. The van der Waals surface area contributed by atoms with Crippen molar-refractivity contribution in [2.45, 2.75) is 46.1 Å². The minimum Gasteiger partial charge on any atom is -0.328 e. The summed E-state index contributed by atoms with van der Waals surface area (Å²) in [5.41, 5.74) is 5.64. The first kappa shape index (κ1) is 13.9. The van der Waals surface area contributed by atoms with Crippen LogP contribution in [0.5, 0.6) is 0 Å². The maximum absolute atomic E-state index is 11.4. The Hall–Kier alpha value is -0.0900. The largest absolute Gasteiger partial charge is 0.328 e. The molecule has 0 bridgehead atoms. The second kappa shape index (κ2) is 6.40. The molecule has 0 aromatic heterocycles. The summed E-state index contributed by atoms with van der Waals surface area (Å²) in [6.45, 7) is 5.91. The van der Waals surface area contributed by atoms with Crippen LogP contribution < -0.4 is 5.73 Å². The zero-order chi connectivity index (χ0) is 11.2. The highest BCUT2D eigenvalue weighted by molar-refractivity contribution is 7.91. The molecular formula is C10H23NO2S. The summed E-state index contributed by atoms with van der Waals surface area (Å²) in [5, 5.41) is 0. The quantitative estimate of drug-likeness (QED) is 0.710. The van der Waals surface area contributed by atoms with Gasteiger partial charge in [0.15, 0.2) is 0 Å². The Labute approximate surface area is 88.0 Å². The fourth-order valence-electron chi connectivity index (χ4n) is 1.55. The summed E-state index contributed by atoms with van der Waals surface area (Å²) in [5.74, 6) is 1.04. The third kappa shape index (κ3) is 7.33. The molecule has 0 aromatic rings. The standard InChI is InChI=1S/C10H23NO2S/c1-4-6-14(12,13)7-5-9(2)8-10(3)11/h9-10H,4-8,11H2,1-3H3. The van der Waals surface area contributed by atoms with Crippen LogP contribution in [-0.4, -0.2) is 26.0 Å². The van der Waals surface area contributed by atoms with E-state index in [1.807, 2.05) is 13.8 Å². The molecule has 86 valence electrons. The number of rotatable bonds is 7. The average Bonchev–Trinajstić information content (AvgIpc) is 2.00. The summed E-state index contributed by atoms with van der Waals surface area (Å²) < 4.78 is 22.8. The van der Waals surface area contributed by atoms with E-state index in [9.17, 15) is 8.42 Å². The summed E-state index contributed by atoms with van der Waals surface area (Å²) in [7, 11) is -2.80. The Morgan fingerprint density at radius 2 is 1.79 bits per heavy atom. The Bertz CT molecular complexity index is 235. The molecule has 0 aliphatic rings. The molecule has 4 heteroatoms. The van der Waals surface area contributed by atoms with Gasteiger partial charge in [0.2, 0.25) is 0 Å². The summed E-state index contributed by atoms with van der Waals surface area (Å²) in [4.78, 5) is 0. The number of hydrogen-bond acceptors (Lipinski definition) is 3. The lowest BCUT2D eigenvalue weighted by molar-refractivity contribution is 0.467. The van der Waals surface area contributed by atoms with Crippen LogP contribution in [0.3, 0.4) is 0 Å². The minimum atomic E-state index is -2.80. The zero-order valence-electron chi connectivity index (χ0n) is 9.49. The number of nitrogens with two attached hydrogens (primary N) is 1. The number of hydrogen-bond donors (Lipinski definition) is 1. The van der Waals surface area contributed by atoms with Gasteiger partial charge in [-0.2, -0.15) is 0 Å². The fraction of sp³-hybridized carbons (Fsp3) is 1.00. The zero-order valence-corrected chi connectivity index (χ0v) is 10.3. The van der Waals surface area contributed by atoms with Crippen molar-refractivity contribution < 1.29 is 8.42 Å². The van der Waals surface area contributed by atoms with Crippen molar-refractivity contribution in [1.29, 1.82) is 0 Å². The lowest BCUT2D eigenvalue weighted by Gasteiger charge is -2.13. The minimum absolute atomic E-state index is 0.166. The summed E-state index contributed by atoms with van der Waals surface area (Å²) >= 11 is 0. The van der Waals surface area contributed by atoms with Crippen LogP contribution in [0.4, 0.5) is 0 Å². The molecule has 0 aliphatic carbocycles. The number of sulfone groups is 1. The molecule has 2 unspecified atom stereocenters. The van der Waals surface area contributed by atoms with Crippen LogP contribution in [0.25, 0.3) is 0 Å². The molecule has 0 amide bonds. The van der Waals surface area contributed by atoms with E-state index >= 15 is 0 Å². The van der Waals surface area contributed by atoms with Gasteiger partial charge in [-0.15, -0.1) is 0 Å². The van der Waals surface area contributed by atoms with E-state index in [0.29, 0.717) is 23.8 Å². The predicted molar refractivity (Wildman–Crippen MR) is 61.0 cm³/mol. The third-order valence-electron chi connectivity index (χ3n) is 2.21. The lowest BCUT2D eigenvalue weighted by atomic mass is 10.0. The van der Waals surface area contributed by atoms with Crippen molar-refractivity contribution >= 4 is 9.84 Å². The Morgan fingerprint density at radius 1 is 1.21 bits per heavy atom. The monoisotopic (exact) mass is 221 g/mol. The van der Waals surface area contributed by atoms with E-state index in [1.54, 1.807) is 0 Å². The highest BCUT2D eigenvalue weighted by Crippen LogP contribution is 2.11. The van der Waals surface area contributed by atoms with Crippen LogP contribution in [0, 0.1) is 5.92 Å². The van der Waals surface area contributed by atoms with Crippen LogP contribution in [-0.2, 0) is 9.84 Å². The normalized spacial score (nSPS) is 16.6. The van der Waals surface area contributed by atoms with E-state index in [-0.39, 0.29) is 6.04 Å². The van der Waals surface area contributed by atoms with Gasteiger partial charge in [0.05, 0.1) is 5.75 Å². The van der Waals surface area contributed by atoms with Gasteiger partial charge in [-0.1, -0.05) is 13.8 Å². The molecule has 2 atom stereocenters. The van der Waals surface area contributed by atoms with E-state index in [0.717, 1.165) is 12.8 Å². The molecular weight excluding hydrogens is 198 g/mol. The van der Waals surface area contributed by atoms with Gasteiger partial charge >= 0.3 is 0 Å². The van der Waals surface area contributed by atoms with E-state index in [1.165, 1.54) is 0 Å². The summed E-state index contributed by atoms with van der Waals surface area (Å²) in [6, 6.07) is 0.166. The summed E-state index contributed by atoms with van der Waals surface area (Å²) in [6.07, 6.45) is 2.36. The van der Waals surface area contributed by atoms with Crippen LogP contribution >= 0.6 is 0 Å². The highest BCUT2D eigenvalue weighted by atomic mass is 32.2. The van der Waals surface area contributed by atoms with Gasteiger partial charge in [-0.25, -0.2) is 8.42 Å². The molecule has 2 N–H and O–H groups in total. The van der Waals surface area contributed by atoms with Crippen LogP contribution in [0.15, 0.2) is 0 Å². The molecule has 0 heterocycles. The van der Waals surface area contributed by atoms with Gasteiger partial charge in [-0.3, -0.25) is 0 Å². The van der Waals surface area contributed by atoms with Gasteiger partial charge in [0.25, 0.3) is 0 Å². The first-order valence-electron chi connectivity index (χ1n) is 5.33. The Balaban J connectivity index is 3.82. The van der Waals surface area contributed by atoms with Gasteiger partial charge < -0.3 is 5.73 Å². The first-order valence-corrected chi connectivity index (χ1v) is 7.15. The first-order chi connectivity index (χ1) is 6.37. The van der Waals surface area contributed by atoms with Crippen molar-refractivity contribution in [1.82, 2.24) is 0 Å². The van der Waals surface area contributed by atoms with Crippen molar-refractivity contribution in [3.63, 3.8) is 0 Å². The lowest BCUT2D eigenvalue weighted by Crippen LogP contribution is -2.20. The molecule has 0 aliphatic heterocycles. The maximum Gasteiger partial charge on any atom is 0.150 e. The Kier molecular flexibility index (Phi) is 6.36. The predicted octanol–water partition coefficient (Wildman–Crippen LogP) is 1.57. The van der Waals surface area contributed by atoms with E-state index in [2.05, 4.69) is 6.92 Å². The SMILES string of the molecule is CCCS(=O)(=O)CCC(C)CC(C)N. The van der Waals surface area contributed by atoms with Crippen LogP contribution in [0.2, 0.25) is 0 Å². The van der Waals surface area contributed by atoms with Crippen molar-refractivity contribution in [3.05, 3.63) is 0 Å². The topological polar surface area (TPSA) is 60.2 Å². The van der Waals surface area contributed by atoms with Crippen molar-refractivity contribution in [2.75, 3.05) is 11.5 Å². The van der Waals surface area contributed by atoms with E-state index < -0.39 is 9.84 Å². The molecule has 0 aromatic carbocycles. The molecule has 0 saturated heterocycles. The molecule has 14 heavy (non-hydrogen) atoms. The maximum atomic E-state index is 11.4.